The lowest BCUT2D eigenvalue weighted by molar-refractivity contribution is -0.132. The first-order chi connectivity index (χ1) is 18.6. The Morgan fingerprint density at radius 1 is 1.08 bits per heavy atom. The highest BCUT2D eigenvalue weighted by Crippen LogP contribution is 2.37. The molecular formula is C29H39Cl2N3O4S. The molecule has 0 spiro atoms. The van der Waals surface area contributed by atoms with Gasteiger partial charge < -0.3 is 15.0 Å². The largest absolute Gasteiger partial charge is 0.367 e. The summed E-state index contributed by atoms with van der Waals surface area (Å²) in [5.74, 6) is 0.465. The van der Waals surface area contributed by atoms with E-state index < -0.39 is 22.2 Å². The highest BCUT2D eigenvalue weighted by molar-refractivity contribution is 7.92. The topological polar surface area (TPSA) is 78.9 Å². The molecule has 39 heavy (non-hydrogen) atoms. The number of fused-ring (bicyclic) bond motifs is 1. The quantitative estimate of drug-likeness (QED) is 0.390. The Morgan fingerprint density at radius 3 is 2.49 bits per heavy atom. The number of anilines is 1. The van der Waals surface area contributed by atoms with Gasteiger partial charge in [-0.05, 0) is 102 Å². The average molecular weight is 597 g/mol. The first-order valence-electron chi connectivity index (χ1n) is 13.7. The zero-order valence-corrected chi connectivity index (χ0v) is 25.2. The number of hydrogen-bond donors (Lipinski definition) is 1. The van der Waals surface area contributed by atoms with E-state index in [1.54, 1.807) is 13.0 Å². The molecule has 1 fully saturated rings. The van der Waals surface area contributed by atoms with Crippen LogP contribution in [0.15, 0.2) is 47.4 Å². The zero-order chi connectivity index (χ0) is 28.2. The summed E-state index contributed by atoms with van der Waals surface area (Å²) < 4.78 is 35.1. The van der Waals surface area contributed by atoms with E-state index in [9.17, 15) is 13.2 Å². The van der Waals surface area contributed by atoms with E-state index in [4.69, 9.17) is 27.9 Å². The molecule has 0 saturated heterocycles. The second-order valence-electron chi connectivity index (χ2n) is 10.9. The van der Waals surface area contributed by atoms with Crippen LogP contribution in [0.1, 0.15) is 51.0 Å². The summed E-state index contributed by atoms with van der Waals surface area (Å²) >= 11 is 12.2. The minimum absolute atomic E-state index is 0.0593. The lowest BCUT2D eigenvalue weighted by Gasteiger charge is -2.38. The number of hydrogen-bond acceptors (Lipinski definition) is 5. The predicted molar refractivity (Wildman–Crippen MR) is 157 cm³/mol. The van der Waals surface area contributed by atoms with E-state index in [-0.39, 0.29) is 27.5 Å². The van der Waals surface area contributed by atoms with Crippen molar-refractivity contribution in [2.45, 2.75) is 75.0 Å². The number of halogens is 2. The van der Waals surface area contributed by atoms with E-state index in [2.05, 4.69) is 24.3 Å². The van der Waals surface area contributed by atoms with Gasteiger partial charge in [0.1, 0.15) is 6.10 Å². The third-order valence-corrected chi connectivity index (χ3v) is 10.7. The number of para-hydroxylation sites is 1. The number of amides is 1. The molecule has 2 atom stereocenters. The fraction of sp³-hybridized carbons (Fsp3) is 0.552. The van der Waals surface area contributed by atoms with Gasteiger partial charge in [0.15, 0.2) is 0 Å². The molecule has 1 heterocycles. The Morgan fingerprint density at radius 2 is 1.79 bits per heavy atom. The van der Waals surface area contributed by atoms with Crippen LogP contribution in [-0.2, 0) is 26.0 Å². The van der Waals surface area contributed by atoms with Crippen molar-refractivity contribution in [3.8, 4) is 0 Å². The number of carbonyl (C=O) groups is 1. The van der Waals surface area contributed by atoms with Crippen LogP contribution in [0.5, 0.6) is 0 Å². The molecule has 10 heteroatoms. The summed E-state index contributed by atoms with van der Waals surface area (Å²) in [5, 5.41) is 3.47. The van der Waals surface area contributed by atoms with Crippen molar-refractivity contribution >= 4 is 44.8 Å². The number of carbonyl (C=O) groups excluding carboxylic acids is 1. The monoisotopic (exact) mass is 595 g/mol. The molecule has 2 aromatic rings. The second kappa shape index (κ2) is 13.2. The summed E-state index contributed by atoms with van der Waals surface area (Å²) in [4.78, 5) is 15.1. The van der Waals surface area contributed by atoms with Gasteiger partial charge in [-0.15, -0.1) is 0 Å². The standard InChI is InChI=1S/C29H39Cl2N3O4S/c1-20(29(35)32-17-16-21-8-11-23(12-9-21)33(2)3)38-19-24-13-10-22-6-4-5-7-28(22)34(24)39(36,37)25-14-15-26(30)27(31)18-25/h4-7,14-15,18,20-21,23-24H,8-13,16-17,19H2,1-3H3,(H,32,35). The summed E-state index contributed by atoms with van der Waals surface area (Å²) in [6.45, 7) is 2.43. The summed E-state index contributed by atoms with van der Waals surface area (Å²) in [5.41, 5.74) is 1.56. The summed E-state index contributed by atoms with van der Waals surface area (Å²) in [6.07, 6.45) is 6.35. The number of nitrogens with one attached hydrogen (secondary N) is 1. The minimum atomic E-state index is -3.96. The molecule has 0 aromatic heterocycles. The van der Waals surface area contributed by atoms with Crippen LogP contribution in [-0.4, -0.2) is 64.7 Å². The van der Waals surface area contributed by atoms with Crippen LogP contribution >= 0.6 is 23.2 Å². The Hall–Kier alpha value is -1.84. The Bertz CT molecular complexity index is 1250. The molecule has 2 unspecified atom stereocenters. The summed E-state index contributed by atoms with van der Waals surface area (Å²) in [6, 6.07) is 12.0. The fourth-order valence-corrected chi connectivity index (χ4v) is 7.72. The van der Waals surface area contributed by atoms with Gasteiger partial charge in [-0.25, -0.2) is 8.42 Å². The number of rotatable bonds is 10. The van der Waals surface area contributed by atoms with Crippen molar-refractivity contribution in [2.75, 3.05) is 31.6 Å². The van der Waals surface area contributed by atoms with E-state index in [1.807, 2.05) is 18.2 Å². The average Bonchev–Trinajstić information content (AvgIpc) is 2.92. The Balaban J connectivity index is 1.37. The second-order valence-corrected chi connectivity index (χ2v) is 13.5. The highest BCUT2D eigenvalue weighted by atomic mass is 35.5. The third-order valence-electron chi connectivity index (χ3n) is 8.06. The lowest BCUT2D eigenvalue weighted by atomic mass is 9.84. The zero-order valence-electron chi connectivity index (χ0n) is 22.9. The van der Waals surface area contributed by atoms with Gasteiger partial charge in [-0.1, -0.05) is 41.4 Å². The predicted octanol–water partition coefficient (Wildman–Crippen LogP) is 5.54. The molecule has 1 aliphatic carbocycles. The molecule has 4 rings (SSSR count). The maximum Gasteiger partial charge on any atom is 0.264 e. The van der Waals surface area contributed by atoms with Crippen molar-refractivity contribution in [1.82, 2.24) is 10.2 Å². The molecule has 2 aromatic carbocycles. The van der Waals surface area contributed by atoms with Crippen LogP contribution in [0.25, 0.3) is 0 Å². The molecule has 7 nitrogen and oxygen atoms in total. The van der Waals surface area contributed by atoms with Crippen molar-refractivity contribution in [3.05, 3.63) is 58.1 Å². The smallest absolute Gasteiger partial charge is 0.264 e. The van der Waals surface area contributed by atoms with Crippen molar-refractivity contribution in [1.29, 1.82) is 0 Å². The molecule has 2 aliphatic rings. The van der Waals surface area contributed by atoms with Crippen LogP contribution in [0.2, 0.25) is 10.0 Å². The fourth-order valence-electron chi connectivity index (χ4n) is 5.63. The van der Waals surface area contributed by atoms with Crippen LogP contribution in [0, 0.1) is 5.92 Å². The molecule has 0 bridgehead atoms. The van der Waals surface area contributed by atoms with Crippen LogP contribution < -0.4 is 9.62 Å². The van der Waals surface area contributed by atoms with Gasteiger partial charge in [0.05, 0.1) is 33.3 Å². The number of sulfonamides is 1. The maximum absolute atomic E-state index is 13.8. The minimum Gasteiger partial charge on any atom is -0.367 e. The number of benzene rings is 2. The SMILES string of the molecule is CC(OCC1CCc2ccccc2N1S(=O)(=O)c1ccc(Cl)c(Cl)c1)C(=O)NCCC1CCC(N(C)C)CC1. The van der Waals surface area contributed by atoms with Gasteiger partial charge in [0.2, 0.25) is 5.91 Å². The van der Waals surface area contributed by atoms with Crippen LogP contribution in [0.4, 0.5) is 5.69 Å². The van der Waals surface area contributed by atoms with Crippen molar-refractivity contribution in [3.63, 3.8) is 0 Å². The van der Waals surface area contributed by atoms with Crippen LogP contribution in [0.3, 0.4) is 0 Å². The highest BCUT2D eigenvalue weighted by Gasteiger charge is 2.37. The maximum atomic E-state index is 13.8. The van der Waals surface area contributed by atoms with E-state index in [1.165, 1.54) is 48.2 Å². The number of ether oxygens (including phenoxy) is 1. The van der Waals surface area contributed by atoms with E-state index in [0.29, 0.717) is 37.0 Å². The molecule has 214 valence electrons. The molecule has 1 amide bonds. The first kappa shape index (κ1) is 30.1. The van der Waals surface area contributed by atoms with Crippen molar-refractivity contribution in [2.24, 2.45) is 5.92 Å². The molecule has 1 aliphatic heterocycles. The molecule has 1 N–H and O–H groups in total. The molecule has 1 saturated carbocycles. The lowest BCUT2D eigenvalue weighted by Crippen LogP contribution is -2.47. The van der Waals surface area contributed by atoms with Gasteiger partial charge in [-0.3, -0.25) is 9.10 Å². The van der Waals surface area contributed by atoms with Crippen molar-refractivity contribution < 1.29 is 17.9 Å². The first-order valence-corrected chi connectivity index (χ1v) is 15.9. The van der Waals surface area contributed by atoms with Gasteiger partial charge in [0, 0.05) is 12.6 Å². The molecule has 0 radical (unpaired) electrons. The number of nitrogens with zero attached hydrogens (tertiary/aromatic N) is 2. The third kappa shape index (κ3) is 7.27. The van der Waals surface area contributed by atoms with Gasteiger partial charge in [0.25, 0.3) is 10.0 Å². The van der Waals surface area contributed by atoms with E-state index >= 15 is 0 Å². The van der Waals surface area contributed by atoms with Gasteiger partial charge >= 0.3 is 0 Å². The number of aryl methyl sites for hydroxylation is 1. The Kier molecular flexibility index (Phi) is 10.2. The Labute approximate surface area is 242 Å². The molecular weight excluding hydrogens is 557 g/mol. The summed E-state index contributed by atoms with van der Waals surface area (Å²) in [7, 11) is 0.318. The van der Waals surface area contributed by atoms with Gasteiger partial charge in [-0.2, -0.15) is 0 Å². The van der Waals surface area contributed by atoms with E-state index in [0.717, 1.165) is 12.0 Å². The normalized spacial score (nSPS) is 22.4.